The van der Waals surface area contributed by atoms with Gasteiger partial charge in [-0.15, -0.1) is 0 Å². The van der Waals surface area contributed by atoms with Gasteiger partial charge in [-0.05, 0) is 86.0 Å². The molecule has 3 heterocycles. The first-order valence-electron chi connectivity index (χ1n) is 19.7. The summed E-state index contributed by atoms with van der Waals surface area (Å²) in [7, 11) is 0. The van der Waals surface area contributed by atoms with Crippen LogP contribution in [0.2, 0.25) is 0 Å². The minimum atomic E-state index is -0.621. The molecule has 1 spiro atoms. The third kappa shape index (κ3) is 4.79. The van der Waals surface area contributed by atoms with Gasteiger partial charge in [0.2, 0.25) is 0 Å². The smallest absolute Gasteiger partial charge is 0.160 e. The minimum Gasteiger partial charge on any atom is -0.456 e. The molecule has 0 bridgehead atoms. The van der Waals surface area contributed by atoms with Crippen molar-refractivity contribution < 1.29 is 4.42 Å². The molecule has 58 heavy (non-hydrogen) atoms. The first kappa shape index (κ1) is 32.5. The van der Waals surface area contributed by atoms with E-state index in [4.69, 9.17) is 14.4 Å². The van der Waals surface area contributed by atoms with Crippen molar-refractivity contribution in [2.75, 3.05) is 0 Å². The van der Waals surface area contributed by atoms with Crippen LogP contribution in [0.3, 0.4) is 0 Å². The summed E-state index contributed by atoms with van der Waals surface area (Å²) in [5.74, 6) is 0.676. The number of hydrogen-bond donors (Lipinski definition) is 0. The minimum absolute atomic E-state index is 0.621. The number of furan rings is 1. The SMILES string of the molecule is C1=Cc2ccc(-c3cc(-c4ccccc4)nc(-c4ccc(-c5cccnc5)cc4)n3)cc2C2(c3ccccc31)c1ccccc1-c1c2ccc2oc3ccccc3c12. The van der Waals surface area contributed by atoms with Gasteiger partial charge in [-0.3, -0.25) is 4.98 Å². The lowest BCUT2D eigenvalue weighted by molar-refractivity contribution is 0.668. The fourth-order valence-corrected chi connectivity index (χ4v) is 9.48. The molecule has 0 N–H and O–H groups in total. The molecular formula is C54H33N3O. The predicted octanol–water partition coefficient (Wildman–Crippen LogP) is 13.3. The van der Waals surface area contributed by atoms with Crippen molar-refractivity contribution in [3.63, 3.8) is 0 Å². The molecule has 0 amide bonds. The normalized spacial score (nSPS) is 14.9. The Morgan fingerprint density at radius 2 is 1.12 bits per heavy atom. The van der Waals surface area contributed by atoms with Crippen LogP contribution in [0.1, 0.15) is 33.4 Å². The van der Waals surface area contributed by atoms with Gasteiger partial charge in [-0.1, -0.05) is 158 Å². The number of pyridine rings is 1. The zero-order valence-electron chi connectivity index (χ0n) is 31.3. The number of nitrogens with zero attached hydrogens (tertiary/aromatic N) is 3. The van der Waals surface area contributed by atoms with Crippen LogP contribution < -0.4 is 0 Å². The van der Waals surface area contributed by atoms with E-state index in [-0.39, 0.29) is 0 Å². The van der Waals surface area contributed by atoms with E-state index in [1.165, 1.54) is 44.5 Å². The summed E-state index contributed by atoms with van der Waals surface area (Å²) in [5, 5.41) is 2.29. The third-order valence-electron chi connectivity index (χ3n) is 12.0. The first-order valence-corrected chi connectivity index (χ1v) is 19.7. The van der Waals surface area contributed by atoms with Gasteiger partial charge >= 0.3 is 0 Å². The van der Waals surface area contributed by atoms with Crippen LogP contribution in [0, 0.1) is 0 Å². The highest BCUT2D eigenvalue weighted by Crippen LogP contribution is 2.61. The molecule has 4 nitrogen and oxygen atoms in total. The van der Waals surface area contributed by atoms with Crippen molar-refractivity contribution in [3.8, 4) is 56.2 Å². The summed E-state index contributed by atoms with van der Waals surface area (Å²) in [6.07, 6.45) is 8.25. The maximum Gasteiger partial charge on any atom is 0.160 e. The van der Waals surface area contributed by atoms with Crippen LogP contribution in [-0.2, 0) is 5.41 Å². The highest BCUT2D eigenvalue weighted by Gasteiger charge is 2.49. The van der Waals surface area contributed by atoms with Crippen molar-refractivity contribution in [3.05, 3.63) is 222 Å². The van der Waals surface area contributed by atoms with Crippen molar-refractivity contribution in [1.29, 1.82) is 0 Å². The largest absolute Gasteiger partial charge is 0.456 e. The Labute approximate surface area is 335 Å². The predicted molar refractivity (Wildman–Crippen MR) is 235 cm³/mol. The fraction of sp³-hybridized carbons (Fsp3) is 0.0185. The van der Waals surface area contributed by atoms with Gasteiger partial charge in [0, 0.05) is 39.9 Å². The zero-order valence-corrected chi connectivity index (χ0v) is 31.3. The second-order valence-corrected chi connectivity index (χ2v) is 15.1. The van der Waals surface area contributed by atoms with Crippen LogP contribution in [0.4, 0.5) is 0 Å². The zero-order chi connectivity index (χ0) is 38.2. The van der Waals surface area contributed by atoms with Crippen LogP contribution in [0.15, 0.2) is 193 Å². The van der Waals surface area contributed by atoms with E-state index in [0.717, 1.165) is 61.1 Å². The molecule has 1 unspecified atom stereocenters. The number of hydrogen-bond acceptors (Lipinski definition) is 4. The summed E-state index contributed by atoms with van der Waals surface area (Å²) < 4.78 is 6.50. The van der Waals surface area contributed by atoms with E-state index in [9.17, 15) is 0 Å². The molecule has 2 aliphatic carbocycles. The molecule has 1 atom stereocenters. The Morgan fingerprint density at radius 1 is 0.431 bits per heavy atom. The fourth-order valence-electron chi connectivity index (χ4n) is 9.48. The molecule has 7 aromatic carbocycles. The lowest BCUT2D eigenvalue weighted by Gasteiger charge is -2.35. The average Bonchev–Trinajstić information content (AvgIpc) is 3.77. The third-order valence-corrected chi connectivity index (χ3v) is 12.0. The van der Waals surface area contributed by atoms with Crippen molar-refractivity contribution in [1.82, 2.24) is 15.0 Å². The van der Waals surface area contributed by atoms with Crippen LogP contribution >= 0.6 is 0 Å². The highest BCUT2D eigenvalue weighted by atomic mass is 16.3. The molecule has 0 saturated carbocycles. The Morgan fingerprint density at radius 3 is 1.97 bits per heavy atom. The van der Waals surface area contributed by atoms with Crippen LogP contribution in [0.5, 0.6) is 0 Å². The van der Waals surface area contributed by atoms with Crippen molar-refractivity contribution >= 4 is 34.1 Å². The van der Waals surface area contributed by atoms with E-state index in [0.29, 0.717) is 5.82 Å². The number of benzene rings is 7. The summed E-state index contributed by atoms with van der Waals surface area (Å²) in [6.45, 7) is 0. The topological polar surface area (TPSA) is 51.8 Å². The van der Waals surface area contributed by atoms with Gasteiger partial charge in [0.15, 0.2) is 5.82 Å². The van der Waals surface area contributed by atoms with Gasteiger partial charge in [0.05, 0.1) is 16.8 Å². The quantitative estimate of drug-likeness (QED) is 0.180. The van der Waals surface area contributed by atoms with Gasteiger partial charge < -0.3 is 4.42 Å². The highest BCUT2D eigenvalue weighted by molar-refractivity contribution is 6.15. The van der Waals surface area contributed by atoms with Gasteiger partial charge in [0.1, 0.15) is 11.2 Å². The Bertz CT molecular complexity index is 3270. The molecule has 2 aliphatic rings. The van der Waals surface area contributed by atoms with Crippen molar-refractivity contribution in [2.24, 2.45) is 0 Å². The van der Waals surface area contributed by atoms with Crippen LogP contribution in [-0.4, -0.2) is 15.0 Å². The number of rotatable bonds is 4. The number of para-hydroxylation sites is 1. The lowest BCUT2D eigenvalue weighted by atomic mass is 9.65. The van der Waals surface area contributed by atoms with E-state index in [2.05, 4.69) is 175 Å². The number of aromatic nitrogens is 3. The molecule has 10 aromatic rings. The van der Waals surface area contributed by atoms with E-state index in [1.807, 2.05) is 24.4 Å². The van der Waals surface area contributed by atoms with E-state index >= 15 is 0 Å². The molecule has 0 fully saturated rings. The summed E-state index contributed by atoms with van der Waals surface area (Å²) in [6, 6.07) is 62.6. The summed E-state index contributed by atoms with van der Waals surface area (Å²) >= 11 is 0. The Hall–Kier alpha value is -7.69. The molecule has 3 aromatic heterocycles. The summed E-state index contributed by atoms with van der Waals surface area (Å²) in [4.78, 5) is 14.8. The molecule has 270 valence electrons. The van der Waals surface area contributed by atoms with E-state index in [1.54, 1.807) is 6.20 Å². The molecule has 0 radical (unpaired) electrons. The van der Waals surface area contributed by atoms with Crippen LogP contribution in [0.25, 0.3) is 90.2 Å². The first-order chi connectivity index (χ1) is 28.7. The second kappa shape index (κ2) is 12.7. The maximum absolute atomic E-state index is 6.50. The Kier molecular flexibility index (Phi) is 7.11. The average molecular weight is 740 g/mol. The maximum atomic E-state index is 6.50. The molecule has 4 heteroatoms. The molecular weight excluding hydrogens is 707 g/mol. The second-order valence-electron chi connectivity index (χ2n) is 15.1. The summed E-state index contributed by atoms with van der Waals surface area (Å²) in [5.41, 5.74) is 17.9. The Balaban J connectivity index is 1.12. The molecule has 0 aliphatic heterocycles. The molecule has 0 saturated heterocycles. The van der Waals surface area contributed by atoms with Gasteiger partial charge in [-0.2, -0.15) is 0 Å². The van der Waals surface area contributed by atoms with Crippen molar-refractivity contribution in [2.45, 2.75) is 5.41 Å². The standard InChI is InChI=1S/C54H33N3O/c1-2-12-37(13-3-1)47-32-48(57-53(56-47)38-25-20-34(21-26-38)40-14-10-30-55-33-40)39-27-24-36-23-22-35-11-4-7-17-43(35)54(46(36)31-39)44-18-8-5-15-41(44)51-45(54)28-29-50-52(51)42-16-6-9-19-49(42)58-50/h1-33H. The van der Waals surface area contributed by atoms with Gasteiger partial charge in [-0.25, -0.2) is 9.97 Å². The lowest BCUT2D eigenvalue weighted by Crippen LogP contribution is -2.30. The molecule has 12 rings (SSSR count). The number of fused-ring (bicyclic) bond motifs is 13. The van der Waals surface area contributed by atoms with Gasteiger partial charge in [0.25, 0.3) is 0 Å². The van der Waals surface area contributed by atoms with E-state index < -0.39 is 5.41 Å². The monoisotopic (exact) mass is 739 g/mol.